The zero-order chi connectivity index (χ0) is 15.0. The molecule has 0 bridgehead atoms. The van der Waals surface area contributed by atoms with Crippen molar-refractivity contribution in [2.45, 2.75) is 45.1 Å². The first-order valence-electron chi connectivity index (χ1n) is 8.02. The van der Waals surface area contributed by atoms with Gasteiger partial charge in [-0.15, -0.1) is 0 Å². The summed E-state index contributed by atoms with van der Waals surface area (Å²) in [6, 6.07) is 2.44. The van der Waals surface area contributed by atoms with Crippen LogP contribution in [0.1, 0.15) is 39.5 Å². The molecule has 4 heteroatoms. The van der Waals surface area contributed by atoms with Gasteiger partial charge in [-0.25, -0.2) is 0 Å². The van der Waals surface area contributed by atoms with Gasteiger partial charge in [0.15, 0.2) is 0 Å². The fourth-order valence-corrected chi connectivity index (χ4v) is 2.88. The molecule has 116 valence electrons. The molecule has 1 saturated heterocycles. The summed E-state index contributed by atoms with van der Waals surface area (Å²) in [6.45, 7) is 9.72. The number of nitrogens with one attached hydrogen (secondary N) is 1. The molecule has 0 amide bonds. The Kier molecular flexibility index (Phi) is 7.50. The van der Waals surface area contributed by atoms with Crippen molar-refractivity contribution in [1.82, 2.24) is 15.1 Å². The minimum Gasteiger partial charge on any atom is -0.309 e. The van der Waals surface area contributed by atoms with Crippen LogP contribution in [0.5, 0.6) is 0 Å². The summed E-state index contributed by atoms with van der Waals surface area (Å²) < 4.78 is 0. The molecule has 0 saturated carbocycles. The van der Waals surface area contributed by atoms with Crippen molar-refractivity contribution < 1.29 is 0 Å². The van der Waals surface area contributed by atoms with Crippen LogP contribution in [0, 0.1) is 17.2 Å². The van der Waals surface area contributed by atoms with Crippen LogP contribution in [0.3, 0.4) is 0 Å². The van der Waals surface area contributed by atoms with Gasteiger partial charge >= 0.3 is 0 Å². The molecule has 0 spiro atoms. The molecule has 0 aromatic heterocycles. The molecule has 1 fully saturated rings. The molecule has 1 heterocycles. The fourth-order valence-electron chi connectivity index (χ4n) is 2.88. The van der Waals surface area contributed by atoms with E-state index in [0.717, 1.165) is 31.8 Å². The van der Waals surface area contributed by atoms with E-state index in [1.807, 2.05) is 6.92 Å². The number of hydrogen-bond acceptors (Lipinski definition) is 4. The first-order valence-corrected chi connectivity index (χ1v) is 8.02. The Hall–Kier alpha value is -0.630. The van der Waals surface area contributed by atoms with Gasteiger partial charge in [0.05, 0.1) is 6.07 Å². The number of piperidine rings is 1. The molecule has 0 aliphatic carbocycles. The van der Waals surface area contributed by atoms with Crippen molar-refractivity contribution in [3.8, 4) is 6.07 Å². The van der Waals surface area contributed by atoms with E-state index in [0.29, 0.717) is 0 Å². The van der Waals surface area contributed by atoms with Crippen molar-refractivity contribution in [3.05, 3.63) is 0 Å². The zero-order valence-corrected chi connectivity index (χ0v) is 13.8. The normalized spacial score (nSPS) is 20.8. The van der Waals surface area contributed by atoms with E-state index in [1.54, 1.807) is 0 Å². The Balaban J connectivity index is 2.28. The molecular formula is C16H32N4. The fraction of sp³-hybridized carbons (Fsp3) is 0.938. The van der Waals surface area contributed by atoms with Gasteiger partial charge < -0.3 is 9.80 Å². The lowest BCUT2D eigenvalue weighted by Crippen LogP contribution is -2.45. The third kappa shape index (κ3) is 6.21. The van der Waals surface area contributed by atoms with Crippen LogP contribution < -0.4 is 5.32 Å². The molecule has 20 heavy (non-hydrogen) atoms. The highest BCUT2D eigenvalue weighted by Crippen LogP contribution is 2.19. The first-order chi connectivity index (χ1) is 9.49. The molecule has 1 rings (SSSR count). The minimum absolute atomic E-state index is 0.365. The van der Waals surface area contributed by atoms with Gasteiger partial charge in [-0.05, 0) is 72.3 Å². The van der Waals surface area contributed by atoms with Crippen LogP contribution in [0.25, 0.3) is 0 Å². The third-order valence-electron chi connectivity index (χ3n) is 4.27. The molecule has 0 aromatic rings. The van der Waals surface area contributed by atoms with Crippen LogP contribution in [-0.2, 0) is 0 Å². The van der Waals surface area contributed by atoms with Gasteiger partial charge in [-0.2, -0.15) is 5.26 Å². The van der Waals surface area contributed by atoms with Gasteiger partial charge in [0, 0.05) is 13.1 Å². The second-order valence-electron chi connectivity index (χ2n) is 6.67. The van der Waals surface area contributed by atoms with Gasteiger partial charge in [-0.3, -0.25) is 5.32 Å². The third-order valence-corrected chi connectivity index (χ3v) is 4.27. The highest BCUT2D eigenvalue weighted by molar-refractivity contribution is 5.04. The summed E-state index contributed by atoms with van der Waals surface area (Å²) >= 11 is 0. The molecule has 1 unspecified atom stereocenters. The van der Waals surface area contributed by atoms with E-state index >= 15 is 0 Å². The Bertz CT molecular complexity index is 302. The average molecular weight is 280 g/mol. The Morgan fingerprint density at radius 3 is 2.50 bits per heavy atom. The average Bonchev–Trinajstić information content (AvgIpc) is 2.44. The van der Waals surface area contributed by atoms with Crippen LogP contribution in [0.2, 0.25) is 0 Å². The molecule has 1 aliphatic heterocycles. The maximum Gasteiger partial charge on any atom is 0.105 e. The smallest absolute Gasteiger partial charge is 0.105 e. The van der Waals surface area contributed by atoms with E-state index in [2.05, 4.69) is 42.2 Å². The lowest BCUT2D eigenvalue weighted by atomic mass is 9.94. The summed E-state index contributed by atoms with van der Waals surface area (Å²) in [7, 11) is 4.31. The highest BCUT2D eigenvalue weighted by atomic mass is 15.1. The Labute approximate surface area is 125 Å². The summed E-state index contributed by atoms with van der Waals surface area (Å²) in [5.41, 5.74) is -0.365. The van der Waals surface area contributed by atoms with E-state index in [4.69, 9.17) is 0 Å². The van der Waals surface area contributed by atoms with Crippen LogP contribution in [0.15, 0.2) is 0 Å². The van der Waals surface area contributed by atoms with Gasteiger partial charge in [0.25, 0.3) is 0 Å². The highest BCUT2D eigenvalue weighted by Gasteiger charge is 2.25. The molecule has 1 aliphatic rings. The minimum atomic E-state index is -0.365. The maximum absolute atomic E-state index is 9.35. The second kappa shape index (κ2) is 8.61. The molecule has 1 N–H and O–H groups in total. The molecular weight excluding hydrogens is 248 g/mol. The Morgan fingerprint density at radius 1 is 1.35 bits per heavy atom. The monoisotopic (exact) mass is 280 g/mol. The maximum atomic E-state index is 9.35. The lowest BCUT2D eigenvalue weighted by Gasteiger charge is -2.34. The van der Waals surface area contributed by atoms with Gasteiger partial charge in [-0.1, -0.05) is 6.92 Å². The number of likely N-dealkylation sites (tertiary alicyclic amines) is 1. The molecule has 4 nitrogen and oxygen atoms in total. The molecule has 0 radical (unpaired) electrons. The van der Waals surface area contributed by atoms with Crippen molar-refractivity contribution in [3.63, 3.8) is 0 Å². The predicted octanol–water partition coefficient (Wildman–Crippen LogP) is 1.93. The number of rotatable bonds is 8. The van der Waals surface area contributed by atoms with Crippen molar-refractivity contribution in [1.29, 1.82) is 5.26 Å². The predicted molar refractivity (Wildman–Crippen MR) is 84.6 cm³/mol. The largest absolute Gasteiger partial charge is 0.309 e. The topological polar surface area (TPSA) is 42.3 Å². The van der Waals surface area contributed by atoms with Crippen LogP contribution >= 0.6 is 0 Å². The summed E-state index contributed by atoms with van der Waals surface area (Å²) in [6.07, 6.45) is 4.59. The quantitative estimate of drug-likeness (QED) is 0.738. The van der Waals surface area contributed by atoms with Crippen molar-refractivity contribution >= 4 is 0 Å². The zero-order valence-electron chi connectivity index (χ0n) is 13.8. The van der Waals surface area contributed by atoms with E-state index in [-0.39, 0.29) is 5.54 Å². The van der Waals surface area contributed by atoms with Crippen LogP contribution in [0.4, 0.5) is 0 Å². The summed E-state index contributed by atoms with van der Waals surface area (Å²) in [5.74, 6) is 0.849. The van der Waals surface area contributed by atoms with E-state index in [9.17, 15) is 5.26 Å². The van der Waals surface area contributed by atoms with Gasteiger partial charge in [0.1, 0.15) is 5.54 Å². The summed E-state index contributed by atoms with van der Waals surface area (Å²) in [5, 5.41) is 12.7. The van der Waals surface area contributed by atoms with E-state index in [1.165, 1.54) is 32.5 Å². The summed E-state index contributed by atoms with van der Waals surface area (Å²) in [4.78, 5) is 4.82. The second-order valence-corrected chi connectivity index (χ2v) is 6.67. The van der Waals surface area contributed by atoms with E-state index < -0.39 is 0 Å². The Morgan fingerprint density at radius 2 is 2.00 bits per heavy atom. The standard InChI is InChI=1S/C16H32N4/c1-5-9-18-16(2,14-17)8-12-20-10-6-15(7-11-20)13-19(3)4/h15,18H,5-13H2,1-4H3. The molecule has 0 aromatic carbocycles. The van der Waals surface area contributed by atoms with Gasteiger partial charge in [0.2, 0.25) is 0 Å². The number of hydrogen-bond donors (Lipinski definition) is 1. The number of nitriles is 1. The van der Waals surface area contributed by atoms with Crippen LogP contribution in [-0.4, -0.2) is 62.2 Å². The first kappa shape index (κ1) is 17.4. The van der Waals surface area contributed by atoms with Crippen molar-refractivity contribution in [2.75, 3.05) is 46.8 Å². The lowest BCUT2D eigenvalue weighted by molar-refractivity contribution is 0.153. The SMILES string of the molecule is CCCNC(C)(C#N)CCN1CCC(CN(C)C)CC1. The van der Waals surface area contributed by atoms with Crippen molar-refractivity contribution in [2.24, 2.45) is 5.92 Å². The number of nitrogens with zero attached hydrogens (tertiary/aromatic N) is 3. The molecule has 1 atom stereocenters.